The van der Waals surface area contributed by atoms with E-state index in [-0.39, 0.29) is 6.61 Å². The van der Waals surface area contributed by atoms with E-state index >= 15 is 0 Å². The molecule has 6 heteroatoms. The number of esters is 2. The van der Waals surface area contributed by atoms with Crippen molar-refractivity contribution in [2.24, 2.45) is 5.92 Å². The lowest BCUT2D eigenvalue weighted by molar-refractivity contribution is -0.163. The summed E-state index contributed by atoms with van der Waals surface area (Å²) in [7, 11) is 2.60. The van der Waals surface area contributed by atoms with Gasteiger partial charge >= 0.3 is 11.9 Å². The van der Waals surface area contributed by atoms with Gasteiger partial charge in [-0.3, -0.25) is 14.4 Å². The summed E-state index contributed by atoms with van der Waals surface area (Å²) < 4.78 is 9.74. The summed E-state index contributed by atoms with van der Waals surface area (Å²) in [6.45, 7) is -0.0322. The standard InChI is InChI=1S/C19H19NO5/c1-20(15-11-7-4-8-12-15)17(21)16(18(22)24-2)19(23)25-13-14-9-5-3-6-10-14/h3-12,16H,13H2,1-2H3. The highest BCUT2D eigenvalue weighted by Crippen LogP contribution is 2.17. The monoisotopic (exact) mass is 341 g/mol. The fraction of sp³-hybridized carbons (Fsp3) is 0.211. The van der Waals surface area contributed by atoms with E-state index in [9.17, 15) is 14.4 Å². The molecule has 2 aromatic carbocycles. The molecule has 0 aliphatic carbocycles. The minimum Gasteiger partial charge on any atom is -0.468 e. The van der Waals surface area contributed by atoms with Gasteiger partial charge in [0.2, 0.25) is 5.92 Å². The predicted molar refractivity (Wildman–Crippen MR) is 91.6 cm³/mol. The van der Waals surface area contributed by atoms with Gasteiger partial charge in [0.25, 0.3) is 5.91 Å². The number of methoxy groups -OCH3 is 1. The lowest BCUT2D eigenvalue weighted by Crippen LogP contribution is -2.42. The Kier molecular flexibility index (Phi) is 6.28. The van der Waals surface area contributed by atoms with Crippen LogP contribution < -0.4 is 4.90 Å². The van der Waals surface area contributed by atoms with Crippen molar-refractivity contribution < 1.29 is 23.9 Å². The maximum absolute atomic E-state index is 12.6. The number of ether oxygens (including phenoxy) is 2. The van der Waals surface area contributed by atoms with E-state index in [1.807, 2.05) is 6.07 Å². The summed E-state index contributed by atoms with van der Waals surface area (Å²) in [5, 5.41) is 0. The molecule has 0 saturated heterocycles. The van der Waals surface area contributed by atoms with Gasteiger partial charge in [-0.05, 0) is 17.7 Å². The zero-order valence-corrected chi connectivity index (χ0v) is 14.0. The summed E-state index contributed by atoms with van der Waals surface area (Å²) >= 11 is 0. The first-order valence-electron chi connectivity index (χ1n) is 7.65. The third-order valence-corrected chi connectivity index (χ3v) is 3.62. The predicted octanol–water partition coefficient (Wildman–Crippen LogP) is 2.18. The summed E-state index contributed by atoms with van der Waals surface area (Å²) in [6.07, 6.45) is 0. The van der Waals surface area contributed by atoms with Crippen LogP contribution in [0.25, 0.3) is 0 Å². The molecule has 0 aromatic heterocycles. The minimum atomic E-state index is -1.67. The Morgan fingerprint density at radius 1 is 0.920 bits per heavy atom. The van der Waals surface area contributed by atoms with E-state index in [2.05, 4.69) is 4.74 Å². The number of rotatable bonds is 6. The molecule has 6 nitrogen and oxygen atoms in total. The van der Waals surface area contributed by atoms with Crippen LogP contribution in [0.4, 0.5) is 5.69 Å². The molecule has 0 fully saturated rings. The van der Waals surface area contributed by atoms with E-state index in [1.165, 1.54) is 11.9 Å². The summed E-state index contributed by atoms with van der Waals surface area (Å²) in [5.41, 5.74) is 1.31. The molecule has 1 atom stereocenters. The molecule has 25 heavy (non-hydrogen) atoms. The molecule has 2 aromatic rings. The van der Waals surface area contributed by atoms with Crippen molar-refractivity contribution in [3.05, 3.63) is 66.2 Å². The first-order valence-corrected chi connectivity index (χ1v) is 7.65. The molecule has 0 N–H and O–H groups in total. The van der Waals surface area contributed by atoms with Crippen LogP contribution >= 0.6 is 0 Å². The topological polar surface area (TPSA) is 72.9 Å². The number of para-hydroxylation sites is 1. The number of hydrogen-bond acceptors (Lipinski definition) is 5. The van der Waals surface area contributed by atoms with Crippen LogP contribution in [0.15, 0.2) is 60.7 Å². The quantitative estimate of drug-likeness (QED) is 0.595. The molecule has 0 bridgehead atoms. The van der Waals surface area contributed by atoms with E-state index in [1.54, 1.807) is 54.6 Å². The first kappa shape index (κ1) is 18.2. The third-order valence-electron chi connectivity index (χ3n) is 3.62. The lowest BCUT2D eigenvalue weighted by Gasteiger charge is -2.21. The third kappa shape index (κ3) is 4.67. The fourth-order valence-corrected chi connectivity index (χ4v) is 2.20. The van der Waals surface area contributed by atoms with Crippen LogP contribution in [0.1, 0.15) is 5.56 Å². The van der Waals surface area contributed by atoms with Crippen LogP contribution in [-0.2, 0) is 30.5 Å². The van der Waals surface area contributed by atoms with E-state index in [0.29, 0.717) is 5.69 Å². The van der Waals surface area contributed by atoms with Crippen LogP contribution in [0.5, 0.6) is 0 Å². The summed E-state index contributed by atoms with van der Waals surface area (Å²) in [5.74, 6) is -4.27. The van der Waals surface area contributed by atoms with Crippen molar-refractivity contribution in [1.29, 1.82) is 0 Å². The SMILES string of the molecule is COC(=O)C(C(=O)OCc1ccccc1)C(=O)N(C)c1ccccc1. The lowest BCUT2D eigenvalue weighted by atomic mass is 10.1. The Balaban J connectivity index is 2.13. The highest BCUT2D eigenvalue weighted by atomic mass is 16.5. The smallest absolute Gasteiger partial charge is 0.330 e. The van der Waals surface area contributed by atoms with Crippen molar-refractivity contribution in [3.8, 4) is 0 Å². The van der Waals surface area contributed by atoms with E-state index in [4.69, 9.17) is 4.74 Å². The maximum atomic E-state index is 12.6. The Morgan fingerprint density at radius 3 is 2.04 bits per heavy atom. The Bertz CT molecular complexity index is 730. The highest BCUT2D eigenvalue weighted by molar-refractivity contribution is 6.18. The van der Waals surface area contributed by atoms with Gasteiger partial charge in [0.1, 0.15) is 6.61 Å². The largest absolute Gasteiger partial charge is 0.468 e. The average Bonchev–Trinajstić information content (AvgIpc) is 2.67. The van der Waals surface area contributed by atoms with Crippen molar-refractivity contribution in [2.45, 2.75) is 6.61 Å². The van der Waals surface area contributed by atoms with Crippen LogP contribution in [0.2, 0.25) is 0 Å². The molecular formula is C19H19NO5. The molecular weight excluding hydrogens is 322 g/mol. The van der Waals surface area contributed by atoms with Gasteiger partial charge in [-0.25, -0.2) is 0 Å². The molecule has 2 rings (SSSR count). The second-order valence-corrected chi connectivity index (χ2v) is 5.28. The molecule has 0 saturated carbocycles. The molecule has 1 amide bonds. The van der Waals surface area contributed by atoms with Crippen molar-refractivity contribution in [3.63, 3.8) is 0 Å². The van der Waals surface area contributed by atoms with Crippen molar-refractivity contribution in [2.75, 3.05) is 19.1 Å². The van der Waals surface area contributed by atoms with Gasteiger partial charge in [0, 0.05) is 12.7 Å². The van der Waals surface area contributed by atoms with Gasteiger partial charge < -0.3 is 14.4 Å². The first-order chi connectivity index (χ1) is 12.0. The van der Waals surface area contributed by atoms with Gasteiger partial charge in [-0.1, -0.05) is 48.5 Å². The summed E-state index contributed by atoms with van der Waals surface area (Å²) in [4.78, 5) is 38.1. The zero-order chi connectivity index (χ0) is 18.2. The van der Waals surface area contributed by atoms with Gasteiger partial charge in [0.15, 0.2) is 0 Å². The number of carbonyl (C=O) groups is 3. The van der Waals surface area contributed by atoms with Crippen LogP contribution in [-0.4, -0.2) is 32.0 Å². The maximum Gasteiger partial charge on any atom is 0.330 e. The molecule has 1 unspecified atom stereocenters. The second-order valence-electron chi connectivity index (χ2n) is 5.28. The number of hydrogen-bond donors (Lipinski definition) is 0. The normalized spacial score (nSPS) is 11.3. The van der Waals surface area contributed by atoms with Gasteiger partial charge in [-0.2, -0.15) is 0 Å². The molecule has 0 aliphatic rings. The molecule has 0 radical (unpaired) electrons. The second kappa shape index (κ2) is 8.63. The highest BCUT2D eigenvalue weighted by Gasteiger charge is 2.39. The molecule has 0 heterocycles. The Labute approximate surface area is 146 Å². The van der Waals surface area contributed by atoms with Gasteiger partial charge in [-0.15, -0.1) is 0 Å². The van der Waals surface area contributed by atoms with Crippen molar-refractivity contribution >= 4 is 23.5 Å². The Morgan fingerprint density at radius 2 is 1.48 bits per heavy atom. The minimum absolute atomic E-state index is 0.0322. The van der Waals surface area contributed by atoms with Crippen LogP contribution in [0, 0.1) is 5.92 Å². The molecule has 0 aliphatic heterocycles. The molecule has 130 valence electrons. The number of carbonyl (C=O) groups excluding carboxylic acids is 3. The fourth-order valence-electron chi connectivity index (χ4n) is 2.20. The number of benzene rings is 2. The Hall–Kier alpha value is -3.15. The van der Waals surface area contributed by atoms with Gasteiger partial charge in [0.05, 0.1) is 7.11 Å². The molecule has 0 spiro atoms. The number of anilines is 1. The number of nitrogens with zero attached hydrogens (tertiary/aromatic N) is 1. The van der Waals surface area contributed by atoms with E-state index < -0.39 is 23.8 Å². The summed E-state index contributed by atoms with van der Waals surface area (Å²) in [6, 6.07) is 17.7. The average molecular weight is 341 g/mol. The number of amides is 1. The van der Waals surface area contributed by atoms with Crippen LogP contribution in [0.3, 0.4) is 0 Å². The van der Waals surface area contributed by atoms with Crippen molar-refractivity contribution in [1.82, 2.24) is 0 Å². The zero-order valence-electron chi connectivity index (χ0n) is 14.0. The van der Waals surface area contributed by atoms with E-state index in [0.717, 1.165) is 12.7 Å².